The van der Waals surface area contributed by atoms with E-state index in [2.05, 4.69) is 91.0 Å². The Labute approximate surface area is 211 Å². The first kappa shape index (κ1) is 30.9. The number of hydrogen-bond donors (Lipinski definition) is 1. The van der Waals surface area contributed by atoms with Gasteiger partial charge in [0.25, 0.3) is 0 Å². The first-order valence-corrected chi connectivity index (χ1v) is 24.0. The van der Waals surface area contributed by atoms with Crippen LogP contribution in [0.15, 0.2) is 40.0 Å². The zero-order valence-corrected chi connectivity index (χ0v) is 27.0. The monoisotopic (exact) mass is 582 g/mol. The molecule has 0 saturated heterocycles. The molecule has 0 saturated carbocycles. The molecule has 0 heterocycles. The molecule has 1 atom stereocenters. The fraction of sp³-hybridized carbons (Fsp3) is 0.724. The molecule has 0 bridgehead atoms. The van der Waals surface area contributed by atoms with Crippen LogP contribution in [0.2, 0.25) is 31.4 Å². The number of rotatable bonds is 16. The molecule has 4 heteroatoms. The van der Waals surface area contributed by atoms with Gasteiger partial charge < -0.3 is 0 Å². The van der Waals surface area contributed by atoms with E-state index < -0.39 is 32.8 Å². The minimum absolute atomic E-state index is 0.232. The summed E-state index contributed by atoms with van der Waals surface area (Å²) in [6.07, 6.45) is 10.6. The van der Waals surface area contributed by atoms with Crippen molar-refractivity contribution in [2.24, 2.45) is 0 Å². The Kier molecular flexibility index (Phi) is 14.2. The first-order valence-electron chi connectivity index (χ1n) is 13.6. The van der Waals surface area contributed by atoms with E-state index >= 15 is 0 Å². The topological polar surface area (TPSA) is 29.5 Å². The van der Waals surface area contributed by atoms with Crippen LogP contribution in [-0.2, 0) is 4.43 Å². The van der Waals surface area contributed by atoms with E-state index in [9.17, 15) is 5.11 Å². The zero-order valence-electron chi connectivity index (χ0n) is 23.2. The predicted molar refractivity (Wildman–Crippen MR) is 152 cm³/mol. The second-order valence-electron chi connectivity index (χ2n) is 11.5. The summed E-state index contributed by atoms with van der Waals surface area (Å²) < 4.78 is 12.1. The van der Waals surface area contributed by atoms with Gasteiger partial charge in [0.15, 0.2) is 0 Å². The van der Waals surface area contributed by atoms with Gasteiger partial charge in [-0.2, -0.15) is 0 Å². The summed E-state index contributed by atoms with van der Waals surface area (Å²) in [4.78, 5) is 0. The molecule has 0 amide bonds. The molecule has 0 fully saturated rings. The predicted octanol–water partition coefficient (Wildman–Crippen LogP) is 9.45. The molecule has 0 aliphatic rings. The van der Waals surface area contributed by atoms with Crippen LogP contribution >= 0.6 is 0 Å². The second-order valence-corrected chi connectivity index (χ2v) is 29.5. The molecule has 0 aliphatic carbocycles. The van der Waals surface area contributed by atoms with Crippen LogP contribution in [0.5, 0.6) is 0 Å². The van der Waals surface area contributed by atoms with Crippen LogP contribution in [0, 0.1) is 0 Å². The number of hydrogen-bond acceptors (Lipinski definition) is 2. The van der Waals surface area contributed by atoms with Gasteiger partial charge >= 0.3 is 212 Å². The zero-order chi connectivity index (χ0) is 25.0. The van der Waals surface area contributed by atoms with Gasteiger partial charge in [0, 0.05) is 0 Å². The summed E-state index contributed by atoms with van der Waals surface area (Å²) in [5.41, 5.74) is 1.07. The summed E-state index contributed by atoms with van der Waals surface area (Å²) in [5, 5.41) is 12.0. The Bertz CT molecular complexity index is 657. The minimum atomic E-state index is -2.76. The maximum atomic E-state index is 11.8. The number of aliphatic hydroxyl groups excluding tert-OH is 1. The fourth-order valence-electron chi connectivity index (χ4n) is 4.53. The van der Waals surface area contributed by atoms with Crippen LogP contribution in [-0.4, -0.2) is 38.4 Å². The van der Waals surface area contributed by atoms with Crippen molar-refractivity contribution in [3.63, 3.8) is 0 Å². The van der Waals surface area contributed by atoms with Crippen molar-refractivity contribution in [1.29, 1.82) is 0 Å². The van der Waals surface area contributed by atoms with E-state index in [4.69, 9.17) is 4.43 Å². The third kappa shape index (κ3) is 9.81. The third-order valence-corrected chi connectivity index (χ3v) is 28.4. The summed E-state index contributed by atoms with van der Waals surface area (Å²) in [6, 6.07) is 10.4. The molecule has 190 valence electrons. The molecule has 1 aromatic rings. The van der Waals surface area contributed by atoms with E-state index in [0.717, 1.165) is 18.6 Å². The quantitative estimate of drug-likeness (QED) is 0.156. The van der Waals surface area contributed by atoms with Crippen molar-refractivity contribution < 1.29 is 9.53 Å². The van der Waals surface area contributed by atoms with E-state index in [1.165, 1.54) is 55.4 Å². The molecule has 1 rings (SSSR count). The third-order valence-electron chi connectivity index (χ3n) is 7.80. The molecular weight excluding hydrogens is 527 g/mol. The van der Waals surface area contributed by atoms with Gasteiger partial charge in [-0.3, -0.25) is 0 Å². The van der Waals surface area contributed by atoms with Crippen molar-refractivity contribution in [1.82, 2.24) is 0 Å². The van der Waals surface area contributed by atoms with Crippen molar-refractivity contribution in [2.75, 3.05) is 6.61 Å². The van der Waals surface area contributed by atoms with Gasteiger partial charge in [-0.25, -0.2) is 0 Å². The molecular formula is C29H54O2SiSn. The Hall–Kier alpha value is -0.104. The van der Waals surface area contributed by atoms with Crippen LogP contribution in [0.3, 0.4) is 0 Å². The molecule has 1 unspecified atom stereocenters. The molecule has 1 aromatic carbocycles. The molecule has 33 heavy (non-hydrogen) atoms. The molecule has 0 spiro atoms. The van der Waals surface area contributed by atoms with Gasteiger partial charge in [0.05, 0.1) is 0 Å². The van der Waals surface area contributed by atoms with Gasteiger partial charge in [-0.05, 0) is 0 Å². The number of benzene rings is 1. The van der Waals surface area contributed by atoms with Crippen molar-refractivity contribution >= 4 is 26.7 Å². The Morgan fingerprint density at radius 1 is 0.939 bits per heavy atom. The summed E-state index contributed by atoms with van der Waals surface area (Å²) in [6.45, 7) is 19.3. The van der Waals surface area contributed by atoms with E-state index in [1.54, 1.807) is 0 Å². The Balaban J connectivity index is 3.34. The van der Waals surface area contributed by atoms with E-state index in [-0.39, 0.29) is 5.04 Å². The number of aliphatic hydroxyl groups is 1. The van der Waals surface area contributed by atoms with Crippen LogP contribution in [0.1, 0.15) is 98.2 Å². The average molecular weight is 582 g/mol. The number of unbranched alkanes of at least 4 members (excludes halogenated alkanes) is 3. The second kappa shape index (κ2) is 15.1. The van der Waals surface area contributed by atoms with Gasteiger partial charge in [0.2, 0.25) is 0 Å². The van der Waals surface area contributed by atoms with Gasteiger partial charge in [0.1, 0.15) is 0 Å². The van der Waals surface area contributed by atoms with Crippen LogP contribution in [0.25, 0.3) is 0 Å². The molecule has 0 aromatic heterocycles. The SMILES string of the molecule is CCC[CH2][Sn]([CH2]CCC)([CH2]CCC)/[C](=C/CCO[Si](C)(C)C(C)(C)C)C(O)c1ccccc1. The summed E-state index contributed by atoms with van der Waals surface area (Å²) in [7, 11) is -1.75. The maximum absolute atomic E-state index is 11.8. The summed E-state index contributed by atoms with van der Waals surface area (Å²) >= 11 is -2.76. The van der Waals surface area contributed by atoms with Crippen LogP contribution < -0.4 is 0 Å². The van der Waals surface area contributed by atoms with Crippen molar-refractivity contribution in [3.8, 4) is 0 Å². The summed E-state index contributed by atoms with van der Waals surface area (Å²) in [5.74, 6) is 0. The van der Waals surface area contributed by atoms with Crippen molar-refractivity contribution in [2.45, 2.75) is 124 Å². The molecule has 2 nitrogen and oxygen atoms in total. The Morgan fingerprint density at radius 3 is 1.85 bits per heavy atom. The molecule has 1 N–H and O–H groups in total. The molecule has 0 radical (unpaired) electrons. The van der Waals surface area contributed by atoms with Crippen LogP contribution in [0.4, 0.5) is 0 Å². The first-order chi connectivity index (χ1) is 15.5. The normalized spacial score (nSPS) is 14.5. The fourth-order valence-corrected chi connectivity index (χ4v) is 22.8. The average Bonchev–Trinajstić information content (AvgIpc) is 2.78. The van der Waals surface area contributed by atoms with Gasteiger partial charge in [-0.1, -0.05) is 0 Å². The van der Waals surface area contributed by atoms with E-state index in [1.807, 2.05) is 0 Å². The Morgan fingerprint density at radius 2 is 1.42 bits per heavy atom. The van der Waals surface area contributed by atoms with Crippen molar-refractivity contribution in [3.05, 3.63) is 45.6 Å². The van der Waals surface area contributed by atoms with Gasteiger partial charge in [-0.15, -0.1) is 0 Å². The molecule has 0 aliphatic heterocycles. The van der Waals surface area contributed by atoms with E-state index in [0.29, 0.717) is 0 Å². The standard InChI is InChI=1S/C17H27O2Si.3C4H9.Sn/c1-17(2,3)20(4,5)19-14-10-9-13-16(18)15-11-7-6-8-12-15;3*1-3-4-2;/h6-9,11-12,16,18H,10,14H2,1-5H3;3*1,3-4H2,2H3;.